The highest BCUT2D eigenvalue weighted by Gasteiger charge is 2.41. The highest BCUT2D eigenvalue weighted by Crippen LogP contribution is 2.46. The first kappa shape index (κ1) is 25.0. The summed E-state index contributed by atoms with van der Waals surface area (Å²) in [5, 5.41) is 9.31. The first-order valence-electron chi connectivity index (χ1n) is 14.2. The smallest absolute Gasteiger partial charge is 0.162 e. The molecular weight excluding hydrogens is 508 g/mol. The third kappa shape index (κ3) is 5.04. The standard InChI is InChI=1S/C33H30N8/c1-2-3-15-36-31-23-8-4-6-10-27(23)38-32(41-31)22-14-18-35-20-26(22)25-19-29(25)39-33-24-9-5-7-11-28(24)37-30(40-33)21-12-16-34-17-13-21/h4-14,16-18,20,25,29H,2-3,15,19H2,1H3,(H,36,38,41)(H,37,39,40). The van der Waals surface area contributed by atoms with Crippen LogP contribution in [0.1, 0.15) is 37.7 Å². The molecule has 0 bridgehead atoms. The van der Waals surface area contributed by atoms with Crippen molar-refractivity contribution in [3.8, 4) is 22.8 Å². The maximum atomic E-state index is 5.01. The van der Waals surface area contributed by atoms with Crippen LogP contribution in [0, 0.1) is 0 Å². The van der Waals surface area contributed by atoms with Crippen molar-refractivity contribution in [1.29, 1.82) is 0 Å². The fraction of sp³-hybridized carbons (Fsp3) is 0.212. The number of pyridine rings is 2. The highest BCUT2D eigenvalue weighted by molar-refractivity contribution is 5.92. The monoisotopic (exact) mass is 538 g/mol. The second kappa shape index (κ2) is 10.9. The minimum Gasteiger partial charge on any atom is -0.369 e. The van der Waals surface area contributed by atoms with Crippen LogP contribution >= 0.6 is 0 Å². The highest BCUT2D eigenvalue weighted by atomic mass is 15.1. The van der Waals surface area contributed by atoms with Crippen molar-refractivity contribution in [2.24, 2.45) is 0 Å². The summed E-state index contributed by atoms with van der Waals surface area (Å²) in [4.78, 5) is 28.4. The first-order chi connectivity index (χ1) is 20.3. The topological polar surface area (TPSA) is 101 Å². The number of para-hydroxylation sites is 2. The van der Waals surface area contributed by atoms with Crippen molar-refractivity contribution in [1.82, 2.24) is 29.9 Å². The van der Waals surface area contributed by atoms with E-state index in [9.17, 15) is 0 Å². The minimum atomic E-state index is 0.212. The van der Waals surface area contributed by atoms with Gasteiger partial charge in [0, 0.05) is 65.2 Å². The van der Waals surface area contributed by atoms with E-state index in [0.717, 1.165) is 81.8 Å². The summed E-state index contributed by atoms with van der Waals surface area (Å²) in [6.45, 7) is 3.07. The molecule has 1 fully saturated rings. The molecule has 6 aromatic rings. The van der Waals surface area contributed by atoms with Gasteiger partial charge in [0.1, 0.15) is 11.6 Å². The molecule has 0 radical (unpaired) electrons. The van der Waals surface area contributed by atoms with Crippen LogP contribution in [0.25, 0.3) is 44.6 Å². The molecule has 1 aliphatic rings. The van der Waals surface area contributed by atoms with Gasteiger partial charge >= 0.3 is 0 Å². The predicted molar refractivity (Wildman–Crippen MR) is 164 cm³/mol. The van der Waals surface area contributed by atoms with Gasteiger partial charge in [-0.3, -0.25) is 9.97 Å². The Morgan fingerprint density at radius 3 is 2.20 bits per heavy atom. The molecular formula is C33H30N8. The Hall–Kier alpha value is -4.98. The zero-order chi connectivity index (χ0) is 27.6. The lowest BCUT2D eigenvalue weighted by Gasteiger charge is -2.14. The van der Waals surface area contributed by atoms with Crippen molar-refractivity contribution < 1.29 is 0 Å². The van der Waals surface area contributed by atoms with Gasteiger partial charge in [0.2, 0.25) is 0 Å². The maximum absolute atomic E-state index is 5.01. The Labute approximate surface area is 238 Å². The summed E-state index contributed by atoms with van der Waals surface area (Å²) in [5.41, 5.74) is 4.94. The first-order valence-corrected chi connectivity index (χ1v) is 14.2. The average Bonchev–Trinajstić information content (AvgIpc) is 3.80. The molecule has 7 rings (SSSR count). The molecule has 2 aromatic carbocycles. The van der Waals surface area contributed by atoms with Crippen LogP contribution in [0.5, 0.6) is 0 Å². The summed E-state index contributed by atoms with van der Waals surface area (Å²) in [5.74, 6) is 3.38. The van der Waals surface area contributed by atoms with Crippen LogP contribution < -0.4 is 10.6 Å². The average molecular weight is 539 g/mol. The summed E-state index contributed by atoms with van der Waals surface area (Å²) in [6.07, 6.45) is 10.5. The van der Waals surface area contributed by atoms with Gasteiger partial charge in [0.05, 0.1) is 11.0 Å². The predicted octanol–water partition coefficient (Wildman–Crippen LogP) is 6.88. The van der Waals surface area contributed by atoms with Crippen LogP contribution in [-0.2, 0) is 0 Å². The summed E-state index contributed by atoms with van der Waals surface area (Å²) in [6, 6.07) is 22.4. The number of aromatic nitrogens is 6. The number of nitrogens with one attached hydrogen (secondary N) is 2. The van der Waals surface area contributed by atoms with Crippen LogP contribution in [0.2, 0.25) is 0 Å². The lowest BCUT2D eigenvalue weighted by molar-refractivity contribution is 0.831. The Kier molecular flexibility index (Phi) is 6.64. The van der Waals surface area contributed by atoms with Gasteiger partial charge in [-0.05, 0) is 60.9 Å². The molecule has 0 amide bonds. The molecule has 0 aliphatic heterocycles. The van der Waals surface area contributed by atoms with E-state index in [0.29, 0.717) is 5.82 Å². The fourth-order valence-corrected chi connectivity index (χ4v) is 5.31. The van der Waals surface area contributed by atoms with Gasteiger partial charge in [-0.25, -0.2) is 19.9 Å². The SMILES string of the molecule is CCCCNc1nc(-c2ccncc2C2CC2Nc2nc(-c3ccncc3)nc3ccccc23)nc2ccccc12. The Bertz CT molecular complexity index is 1840. The van der Waals surface area contributed by atoms with E-state index in [1.165, 1.54) is 0 Å². The normalized spacial score (nSPS) is 16.1. The number of rotatable bonds is 9. The molecule has 0 saturated heterocycles. The lowest BCUT2D eigenvalue weighted by Crippen LogP contribution is -2.09. The number of nitrogens with zero attached hydrogens (tertiary/aromatic N) is 6. The second-order valence-corrected chi connectivity index (χ2v) is 10.4. The quantitative estimate of drug-likeness (QED) is 0.192. The van der Waals surface area contributed by atoms with Crippen LogP contribution in [0.15, 0.2) is 91.5 Å². The number of fused-ring (bicyclic) bond motifs is 2. The molecule has 4 heterocycles. The van der Waals surface area contributed by atoms with Crippen LogP contribution in [0.4, 0.5) is 11.6 Å². The van der Waals surface area contributed by atoms with Gasteiger partial charge in [-0.15, -0.1) is 0 Å². The Morgan fingerprint density at radius 2 is 1.41 bits per heavy atom. The van der Waals surface area contributed by atoms with Gasteiger partial charge in [-0.2, -0.15) is 0 Å². The molecule has 2 atom stereocenters. The number of unbranched alkanes of at least 4 members (excludes halogenated alkanes) is 1. The van der Waals surface area contributed by atoms with E-state index < -0.39 is 0 Å². The molecule has 8 nitrogen and oxygen atoms in total. The van der Waals surface area contributed by atoms with E-state index in [-0.39, 0.29) is 12.0 Å². The molecule has 8 heteroatoms. The third-order valence-corrected chi connectivity index (χ3v) is 7.57. The molecule has 202 valence electrons. The molecule has 41 heavy (non-hydrogen) atoms. The summed E-state index contributed by atoms with van der Waals surface area (Å²) in [7, 11) is 0. The van der Waals surface area contributed by atoms with Gasteiger partial charge < -0.3 is 10.6 Å². The zero-order valence-electron chi connectivity index (χ0n) is 22.8. The summed E-state index contributed by atoms with van der Waals surface area (Å²) >= 11 is 0. The molecule has 1 saturated carbocycles. The zero-order valence-corrected chi connectivity index (χ0v) is 22.8. The lowest BCUT2D eigenvalue weighted by atomic mass is 10.0. The van der Waals surface area contributed by atoms with Crippen molar-refractivity contribution >= 4 is 33.4 Å². The second-order valence-electron chi connectivity index (χ2n) is 10.4. The van der Waals surface area contributed by atoms with E-state index in [4.69, 9.17) is 19.9 Å². The Balaban J connectivity index is 1.21. The molecule has 2 N–H and O–H groups in total. The molecule has 0 spiro atoms. The van der Waals surface area contributed by atoms with E-state index >= 15 is 0 Å². The van der Waals surface area contributed by atoms with Crippen molar-refractivity contribution in [2.75, 3.05) is 17.2 Å². The van der Waals surface area contributed by atoms with Crippen LogP contribution in [0.3, 0.4) is 0 Å². The maximum Gasteiger partial charge on any atom is 0.162 e. The largest absolute Gasteiger partial charge is 0.369 e. The van der Waals surface area contributed by atoms with Crippen molar-refractivity contribution in [3.63, 3.8) is 0 Å². The fourth-order valence-electron chi connectivity index (χ4n) is 5.31. The number of hydrogen-bond acceptors (Lipinski definition) is 8. The van der Waals surface area contributed by atoms with Crippen molar-refractivity contribution in [3.05, 3.63) is 97.1 Å². The van der Waals surface area contributed by atoms with E-state index in [1.54, 1.807) is 12.4 Å². The number of benzene rings is 2. The molecule has 2 unspecified atom stereocenters. The minimum absolute atomic E-state index is 0.212. The summed E-state index contributed by atoms with van der Waals surface area (Å²) < 4.78 is 0. The number of anilines is 2. The number of hydrogen-bond donors (Lipinski definition) is 2. The Morgan fingerprint density at radius 1 is 0.732 bits per heavy atom. The van der Waals surface area contributed by atoms with E-state index in [2.05, 4.69) is 45.7 Å². The van der Waals surface area contributed by atoms with Crippen molar-refractivity contribution in [2.45, 2.75) is 38.1 Å². The van der Waals surface area contributed by atoms with Gasteiger partial charge in [0.15, 0.2) is 11.6 Å². The molecule has 4 aromatic heterocycles. The van der Waals surface area contributed by atoms with Gasteiger partial charge in [-0.1, -0.05) is 37.6 Å². The third-order valence-electron chi connectivity index (χ3n) is 7.57. The van der Waals surface area contributed by atoms with Crippen LogP contribution in [-0.4, -0.2) is 42.5 Å². The molecule has 1 aliphatic carbocycles. The van der Waals surface area contributed by atoms with E-state index in [1.807, 2.05) is 60.9 Å². The van der Waals surface area contributed by atoms with Gasteiger partial charge in [0.25, 0.3) is 0 Å².